The van der Waals surface area contributed by atoms with Crippen LogP contribution in [0, 0.1) is 21.7 Å². The second-order valence-corrected chi connectivity index (χ2v) is 6.56. The van der Waals surface area contributed by atoms with E-state index in [0.29, 0.717) is 31.9 Å². The van der Waals surface area contributed by atoms with Gasteiger partial charge in [-0.1, -0.05) is 11.6 Å². The highest BCUT2D eigenvalue weighted by molar-refractivity contribution is 6.30. The third kappa shape index (κ3) is 4.48. The summed E-state index contributed by atoms with van der Waals surface area (Å²) in [6.07, 6.45) is 0. The number of carbonyl (C=O) groups excluding carboxylic acids is 1. The number of hydrogen-bond donors (Lipinski definition) is 0. The Hall–Kier alpha value is -2.94. The van der Waals surface area contributed by atoms with Crippen LogP contribution in [0.1, 0.15) is 0 Å². The highest BCUT2D eigenvalue weighted by Gasteiger charge is 2.26. The van der Waals surface area contributed by atoms with Crippen molar-refractivity contribution in [1.29, 1.82) is 0 Å². The molecular formula is C18H16ClF2N3O4. The molecular weight excluding hydrogens is 396 g/mol. The van der Waals surface area contributed by atoms with Crippen LogP contribution in [0.15, 0.2) is 36.4 Å². The van der Waals surface area contributed by atoms with E-state index in [1.165, 1.54) is 12.1 Å². The lowest BCUT2D eigenvalue weighted by atomic mass is 10.2. The number of nitro groups is 1. The van der Waals surface area contributed by atoms with Crippen molar-refractivity contribution in [2.75, 3.05) is 37.7 Å². The zero-order chi connectivity index (χ0) is 20.3. The van der Waals surface area contributed by atoms with Gasteiger partial charge in [-0.2, -0.15) is 0 Å². The van der Waals surface area contributed by atoms with Gasteiger partial charge >= 0.3 is 0 Å². The quantitative estimate of drug-likeness (QED) is 0.557. The number of benzene rings is 2. The Kier molecular flexibility index (Phi) is 5.93. The number of carbonyl (C=O) groups is 1. The monoisotopic (exact) mass is 411 g/mol. The Morgan fingerprint density at radius 1 is 1.11 bits per heavy atom. The number of hydrogen-bond acceptors (Lipinski definition) is 5. The lowest BCUT2D eigenvalue weighted by Gasteiger charge is -2.35. The Morgan fingerprint density at radius 2 is 1.82 bits per heavy atom. The van der Waals surface area contributed by atoms with E-state index in [-0.39, 0.29) is 29.0 Å². The number of halogens is 3. The van der Waals surface area contributed by atoms with Gasteiger partial charge in [0.15, 0.2) is 18.2 Å². The fraction of sp³-hybridized carbons (Fsp3) is 0.278. The van der Waals surface area contributed by atoms with Crippen LogP contribution in [0.2, 0.25) is 5.02 Å². The molecule has 1 aliphatic rings. The molecule has 0 unspecified atom stereocenters. The molecule has 1 amide bonds. The molecule has 28 heavy (non-hydrogen) atoms. The molecule has 2 aromatic carbocycles. The fourth-order valence-corrected chi connectivity index (χ4v) is 3.08. The van der Waals surface area contributed by atoms with Crippen molar-refractivity contribution in [3.63, 3.8) is 0 Å². The molecule has 0 spiro atoms. The molecule has 1 fully saturated rings. The molecule has 148 valence electrons. The van der Waals surface area contributed by atoms with Gasteiger partial charge in [-0.3, -0.25) is 14.9 Å². The topological polar surface area (TPSA) is 75.9 Å². The number of amides is 1. The van der Waals surface area contributed by atoms with E-state index in [2.05, 4.69) is 0 Å². The molecule has 0 aliphatic carbocycles. The van der Waals surface area contributed by atoms with Crippen LogP contribution in [0.4, 0.5) is 20.2 Å². The van der Waals surface area contributed by atoms with Gasteiger partial charge in [0.1, 0.15) is 11.4 Å². The highest BCUT2D eigenvalue weighted by Crippen LogP contribution is 2.31. The molecule has 10 heteroatoms. The first-order chi connectivity index (χ1) is 13.3. The van der Waals surface area contributed by atoms with Crippen molar-refractivity contribution in [3.8, 4) is 5.75 Å². The first kappa shape index (κ1) is 19.8. The molecule has 7 nitrogen and oxygen atoms in total. The largest absolute Gasteiger partial charge is 0.484 e. The van der Waals surface area contributed by atoms with Gasteiger partial charge in [0.05, 0.1) is 4.92 Å². The summed E-state index contributed by atoms with van der Waals surface area (Å²) < 4.78 is 31.3. The van der Waals surface area contributed by atoms with Crippen LogP contribution in [-0.2, 0) is 4.79 Å². The number of rotatable bonds is 5. The summed E-state index contributed by atoms with van der Waals surface area (Å²) in [7, 11) is 0. The molecule has 1 heterocycles. The smallest absolute Gasteiger partial charge is 0.294 e. The Labute approximate surface area is 164 Å². The molecule has 0 radical (unpaired) electrons. The van der Waals surface area contributed by atoms with Gasteiger partial charge in [-0.15, -0.1) is 0 Å². The van der Waals surface area contributed by atoms with Crippen molar-refractivity contribution in [2.24, 2.45) is 0 Å². The van der Waals surface area contributed by atoms with E-state index in [1.54, 1.807) is 17.0 Å². The van der Waals surface area contributed by atoms with Crippen LogP contribution in [0.5, 0.6) is 5.75 Å². The maximum Gasteiger partial charge on any atom is 0.294 e. The lowest BCUT2D eigenvalue weighted by Crippen LogP contribution is -2.50. The molecule has 0 aromatic heterocycles. The van der Waals surface area contributed by atoms with Crippen LogP contribution in [-0.4, -0.2) is 48.5 Å². The van der Waals surface area contributed by atoms with E-state index in [9.17, 15) is 23.7 Å². The minimum atomic E-state index is -1.05. The number of ether oxygens (including phenoxy) is 1. The average Bonchev–Trinajstić information content (AvgIpc) is 2.68. The summed E-state index contributed by atoms with van der Waals surface area (Å²) in [4.78, 5) is 26.4. The van der Waals surface area contributed by atoms with E-state index < -0.39 is 16.6 Å². The molecule has 1 aliphatic heterocycles. The molecule has 0 bridgehead atoms. The van der Waals surface area contributed by atoms with Gasteiger partial charge in [0.25, 0.3) is 11.6 Å². The van der Waals surface area contributed by atoms with Gasteiger partial charge in [-0.05, 0) is 24.3 Å². The van der Waals surface area contributed by atoms with Gasteiger partial charge in [0.2, 0.25) is 0 Å². The molecule has 0 N–H and O–H groups in total. The standard InChI is InChI=1S/C18H16ClF2N3O4/c19-12-1-4-16(17(9-12)24(26)27)22-5-7-23(8-6-22)18(25)11-28-13-2-3-14(20)15(21)10-13/h1-4,9-10H,5-8,11H2. The second kappa shape index (κ2) is 8.39. The molecule has 1 saturated heterocycles. The minimum absolute atomic E-state index is 0.0580. The first-order valence-corrected chi connectivity index (χ1v) is 8.77. The molecule has 3 rings (SSSR count). The average molecular weight is 412 g/mol. The summed E-state index contributed by atoms with van der Waals surface area (Å²) in [5.74, 6) is -2.30. The molecule has 0 saturated carbocycles. The van der Waals surface area contributed by atoms with Crippen LogP contribution in [0.25, 0.3) is 0 Å². The minimum Gasteiger partial charge on any atom is -0.484 e. The zero-order valence-corrected chi connectivity index (χ0v) is 15.4. The van der Waals surface area contributed by atoms with Gasteiger partial charge in [0, 0.05) is 43.3 Å². The van der Waals surface area contributed by atoms with E-state index >= 15 is 0 Å². The number of anilines is 1. The lowest BCUT2D eigenvalue weighted by molar-refractivity contribution is -0.384. The maximum absolute atomic E-state index is 13.2. The Morgan fingerprint density at radius 3 is 2.46 bits per heavy atom. The summed E-state index contributed by atoms with van der Waals surface area (Å²) in [5.41, 5.74) is 0.355. The SMILES string of the molecule is O=C(COc1ccc(F)c(F)c1)N1CCN(c2ccc(Cl)cc2[N+](=O)[O-])CC1. The Bertz CT molecular complexity index is 904. The second-order valence-electron chi connectivity index (χ2n) is 6.12. The van der Waals surface area contributed by atoms with Gasteiger partial charge in [-0.25, -0.2) is 8.78 Å². The van der Waals surface area contributed by atoms with Crippen molar-refractivity contribution in [2.45, 2.75) is 0 Å². The van der Waals surface area contributed by atoms with E-state index in [0.717, 1.165) is 12.1 Å². The third-order valence-corrected chi connectivity index (χ3v) is 4.60. The van der Waals surface area contributed by atoms with Crippen LogP contribution >= 0.6 is 11.6 Å². The molecule has 0 atom stereocenters. The van der Waals surface area contributed by atoms with E-state index in [1.807, 2.05) is 4.90 Å². The van der Waals surface area contributed by atoms with Crippen molar-refractivity contribution in [1.82, 2.24) is 4.90 Å². The zero-order valence-electron chi connectivity index (χ0n) is 14.6. The predicted octanol–water partition coefficient (Wildman–Crippen LogP) is 3.25. The van der Waals surface area contributed by atoms with Crippen molar-refractivity contribution in [3.05, 3.63) is 63.2 Å². The van der Waals surface area contributed by atoms with Crippen LogP contribution in [0.3, 0.4) is 0 Å². The predicted molar refractivity (Wildman–Crippen MR) is 98.8 cm³/mol. The fourth-order valence-electron chi connectivity index (χ4n) is 2.91. The summed E-state index contributed by atoms with van der Waals surface area (Å²) in [6.45, 7) is 1.18. The summed E-state index contributed by atoms with van der Waals surface area (Å²) in [5, 5.41) is 11.5. The van der Waals surface area contributed by atoms with Crippen molar-refractivity contribution < 1.29 is 23.2 Å². The maximum atomic E-state index is 13.2. The first-order valence-electron chi connectivity index (χ1n) is 8.39. The summed E-state index contributed by atoms with van der Waals surface area (Å²) >= 11 is 5.83. The Balaban J connectivity index is 1.57. The highest BCUT2D eigenvalue weighted by atomic mass is 35.5. The third-order valence-electron chi connectivity index (χ3n) is 4.36. The number of nitro benzene ring substituents is 1. The normalized spacial score (nSPS) is 14.1. The number of nitrogens with zero attached hydrogens (tertiary/aromatic N) is 3. The van der Waals surface area contributed by atoms with E-state index in [4.69, 9.17) is 16.3 Å². The van der Waals surface area contributed by atoms with Crippen molar-refractivity contribution >= 4 is 28.9 Å². The van der Waals surface area contributed by atoms with Gasteiger partial charge < -0.3 is 14.5 Å². The number of piperazine rings is 1. The summed E-state index contributed by atoms with van der Waals surface area (Å²) in [6, 6.07) is 7.50. The molecule has 2 aromatic rings. The van der Waals surface area contributed by atoms with Crippen LogP contribution < -0.4 is 9.64 Å².